The summed E-state index contributed by atoms with van der Waals surface area (Å²) in [4.78, 5) is 24.1. The van der Waals surface area contributed by atoms with E-state index in [9.17, 15) is 4.79 Å². The summed E-state index contributed by atoms with van der Waals surface area (Å²) in [5, 5.41) is 0. The van der Waals surface area contributed by atoms with Crippen molar-refractivity contribution in [1.29, 1.82) is 0 Å². The van der Waals surface area contributed by atoms with Crippen molar-refractivity contribution in [3.05, 3.63) is 59.8 Å². The van der Waals surface area contributed by atoms with Gasteiger partial charge in [-0.05, 0) is 36.5 Å². The molecule has 0 radical (unpaired) electrons. The molecule has 0 atom stereocenters. The highest BCUT2D eigenvalue weighted by Gasteiger charge is 2.23. The van der Waals surface area contributed by atoms with Gasteiger partial charge in [-0.1, -0.05) is 37.3 Å². The number of aromatic nitrogens is 1. The van der Waals surface area contributed by atoms with Crippen LogP contribution in [0, 0.1) is 5.92 Å². The first-order valence-electron chi connectivity index (χ1n) is 10.5. The number of anilines is 1. The van der Waals surface area contributed by atoms with E-state index in [1.165, 1.54) is 18.4 Å². The molecule has 2 aliphatic rings. The number of piperazine rings is 1. The van der Waals surface area contributed by atoms with Crippen LogP contribution in [-0.4, -0.2) is 60.0 Å². The number of piperidine rings is 1. The van der Waals surface area contributed by atoms with Crippen LogP contribution in [0.1, 0.15) is 35.7 Å². The second-order valence-electron chi connectivity index (χ2n) is 8.13. The van der Waals surface area contributed by atoms with Crippen LogP contribution in [0.3, 0.4) is 0 Å². The standard InChI is InChI=1S/C23H30N4O/c1-19-9-11-26(12-10-19)22-8-7-21(17-24-22)23(28)27-15-13-25(14-16-27)18-20-5-3-2-4-6-20/h2-8,17,19H,9-16,18H2,1H3. The number of carbonyl (C=O) groups is 1. The molecular formula is C23H30N4O. The lowest BCUT2D eigenvalue weighted by molar-refractivity contribution is 0.0628. The molecule has 5 nitrogen and oxygen atoms in total. The van der Waals surface area contributed by atoms with Gasteiger partial charge in [-0.3, -0.25) is 9.69 Å². The van der Waals surface area contributed by atoms with Gasteiger partial charge in [-0.2, -0.15) is 0 Å². The van der Waals surface area contributed by atoms with Crippen LogP contribution in [0.2, 0.25) is 0 Å². The summed E-state index contributed by atoms with van der Waals surface area (Å²) in [6.07, 6.45) is 4.19. The van der Waals surface area contributed by atoms with Crippen molar-refractivity contribution in [2.24, 2.45) is 5.92 Å². The molecule has 1 aromatic carbocycles. The minimum Gasteiger partial charge on any atom is -0.357 e. The van der Waals surface area contributed by atoms with Gasteiger partial charge in [0.2, 0.25) is 0 Å². The summed E-state index contributed by atoms with van der Waals surface area (Å²) < 4.78 is 0. The van der Waals surface area contributed by atoms with Gasteiger partial charge in [0.25, 0.3) is 5.91 Å². The van der Waals surface area contributed by atoms with Crippen molar-refractivity contribution >= 4 is 11.7 Å². The third-order valence-electron chi connectivity index (χ3n) is 6.01. The second kappa shape index (κ2) is 8.74. The maximum atomic E-state index is 12.8. The number of rotatable bonds is 4. The molecule has 2 aliphatic heterocycles. The Morgan fingerprint density at radius 1 is 0.964 bits per heavy atom. The van der Waals surface area contributed by atoms with E-state index in [4.69, 9.17) is 0 Å². The van der Waals surface area contributed by atoms with Crippen LogP contribution >= 0.6 is 0 Å². The Hall–Kier alpha value is -2.40. The van der Waals surface area contributed by atoms with Crippen LogP contribution in [0.5, 0.6) is 0 Å². The molecule has 0 N–H and O–H groups in total. The van der Waals surface area contributed by atoms with Gasteiger partial charge < -0.3 is 9.80 Å². The van der Waals surface area contributed by atoms with E-state index in [1.807, 2.05) is 23.1 Å². The van der Waals surface area contributed by atoms with E-state index in [0.717, 1.165) is 57.5 Å². The lowest BCUT2D eigenvalue weighted by Crippen LogP contribution is -2.48. The molecule has 1 amide bonds. The Balaban J connectivity index is 1.30. The molecule has 4 rings (SSSR count). The number of hydrogen-bond donors (Lipinski definition) is 0. The average Bonchev–Trinajstić information content (AvgIpc) is 2.75. The molecule has 2 saturated heterocycles. The smallest absolute Gasteiger partial charge is 0.255 e. The number of hydrogen-bond acceptors (Lipinski definition) is 4. The topological polar surface area (TPSA) is 39.7 Å². The summed E-state index contributed by atoms with van der Waals surface area (Å²) >= 11 is 0. The van der Waals surface area contributed by atoms with Gasteiger partial charge in [0.15, 0.2) is 0 Å². The highest BCUT2D eigenvalue weighted by atomic mass is 16.2. The van der Waals surface area contributed by atoms with Gasteiger partial charge in [-0.25, -0.2) is 4.98 Å². The third-order valence-corrected chi connectivity index (χ3v) is 6.01. The first kappa shape index (κ1) is 18.9. The first-order chi connectivity index (χ1) is 13.7. The fraction of sp³-hybridized carbons (Fsp3) is 0.478. The van der Waals surface area contributed by atoms with E-state index in [0.29, 0.717) is 5.56 Å². The summed E-state index contributed by atoms with van der Waals surface area (Å²) in [6, 6.07) is 14.5. The molecule has 0 unspecified atom stereocenters. The predicted octanol–water partition coefficient (Wildman–Crippen LogP) is 3.28. The number of pyridine rings is 1. The number of amides is 1. The van der Waals surface area contributed by atoms with Crippen LogP contribution in [-0.2, 0) is 6.54 Å². The fourth-order valence-corrected chi connectivity index (χ4v) is 4.07. The largest absolute Gasteiger partial charge is 0.357 e. The molecule has 3 heterocycles. The summed E-state index contributed by atoms with van der Waals surface area (Å²) in [5.41, 5.74) is 2.03. The third kappa shape index (κ3) is 4.53. The molecule has 0 aliphatic carbocycles. The molecule has 5 heteroatoms. The van der Waals surface area contributed by atoms with Crippen LogP contribution in [0.25, 0.3) is 0 Å². The van der Waals surface area contributed by atoms with Crippen LogP contribution < -0.4 is 4.90 Å². The molecule has 2 fully saturated rings. The Morgan fingerprint density at radius 3 is 2.32 bits per heavy atom. The average molecular weight is 379 g/mol. The van der Waals surface area contributed by atoms with Gasteiger partial charge in [0, 0.05) is 52.0 Å². The summed E-state index contributed by atoms with van der Waals surface area (Å²) in [7, 11) is 0. The molecule has 2 aromatic rings. The zero-order valence-electron chi connectivity index (χ0n) is 16.8. The Kier molecular flexibility index (Phi) is 5.91. The zero-order valence-corrected chi connectivity index (χ0v) is 16.8. The maximum absolute atomic E-state index is 12.8. The Bertz CT molecular complexity index is 761. The van der Waals surface area contributed by atoms with Crippen molar-refractivity contribution in [3.8, 4) is 0 Å². The Morgan fingerprint density at radius 2 is 1.68 bits per heavy atom. The van der Waals surface area contributed by atoms with E-state index in [-0.39, 0.29) is 5.91 Å². The number of carbonyl (C=O) groups excluding carboxylic acids is 1. The van der Waals surface area contributed by atoms with Crippen molar-refractivity contribution in [2.45, 2.75) is 26.3 Å². The predicted molar refractivity (Wildman–Crippen MR) is 112 cm³/mol. The fourth-order valence-electron chi connectivity index (χ4n) is 4.07. The van der Waals surface area contributed by atoms with Crippen molar-refractivity contribution in [3.63, 3.8) is 0 Å². The van der Waals surface area contributed by atoms with Crippen molar-refractivity contribution in [2.75, 3.05) is 44.2 Å². The van der Waals surface area contributed by atoms with Crippen molar-refractivity contribution in [1.82, 2.24) is 14.8 Å². The molecule has 0 saturated carbocycles. The minimum atomic E-state index is 0.102. The van der Waals surface area contributed by atoms with Gasteiger partial charge >= 0.3 is 0 Å². The Labute approximate surface area is 168 Å². The van der Waals surface area contributed by atoms with Gasteiger partial charge in [0.05, 0.1) is 5.56 Å². The van der Waals surface area contributed by atoms with E-state index in [1.54, 1.807) is 6.20 Å². The lowest BCUT2D eigenvalue weighted by atomic mass is 9.99. The number of benzene rings is 1. The second-order valence-corrected chi connectivity index (χ2v) is 8.13. The maximum Gasteiger partial charge on any atom is 0.255 e. The van der Waals surface area contributed by atoms with Gasteiger partial charge in [0.1, 0.15) is 5.82 Å². The quantitative estimate of drug-likeness (QED) is 0.819. The number of nitrogens with zero attached hydrogens (tertiary/aromatic N) is 4. The van der Waals surface area contributed by atoms with Gasteiger partial charge in [-0.15, -0.1) is 0 Å². The highest BCUT2D eigenvalue weighted by Crippen LogP contribution is 2.21. The van der Waals surface area contributed by atoms with E-state index >= 15 is 0 Å². The lowest BCUT2D eigenvalue weighted by Gasteiger charge is -2.35. The van der Waals surface area contributed by atoms with Crippen LogP contribution in [0.4, 0.5) is 5.82 Å². The molecule has 28 heavy (non-hydrogen) atoms. The first-order valence-corrected chi connectivity index (χ1v) is 10.5. The van der Waals surface area contributed by atoms with Crippen molar-refractivity contribution < 1.29 is 4.79 Å². The highest BCUT2D eigenvalue weighted by molar-refractivity contribution is 5.94. The van der Waals surface area contributed by atoms with Crippen LogP contribution in [0.15, 0.2) is 48.7 Å². The minimum absolute atomic E-state index is 0.102. The monoisotopic (exact) mass is 378 g/mol. The molecule has 148 valence electrons. The summed E-state index contributed by atoms with van der Waals surface area (Å²) in [6.45, 7) is 8.76. The van der Waals surface area contributed by atoms with E-state index < -0.39 is 0 Å². The molecule has 0 bridgehead atoms. The van der Waals surface area contributed by atoms with E-state index in [2.05, 4.69) is 46.0 Å². The summed E-state index contributed by atoms with van der Waals surface area (Å²) in [5.74, 6) is 1.90. The molecular weight excluding hydrogens is 348 g/mol. The zero-order chi connectivity index (χ0) is 19.3. The normalized spacial score (nSPS) is 19.0. The molecule has 0 spiro atoms. The SMILES string of the molecule is CC1CCN(c2ccc(C(=O)N3CCN(Cc4ccccc4)CC3)cn2)CC1. The molecule has 1 aromatic heterocycles.